The molecule has 0 spiro atoms. The van der Waals surface area contributed by atoms with Crippen molar-refractivity contribution in [3.63, 3.8) is 0 Å². The summed E-state index contributed by atoms with van der Waals surface area (Å²) < 4.78 is 0. The molecule has 0 bridgehead atoms. The van der Waals surface area contributed by atoms with Crippen molar-refractivity contribution in [3.05, 3.63) is 70.2 Å². The zero-order valence-electron chi connectivity index (χ0n) is 11.2. The van der Waals surface area contributed by atoms with Crippen LogP contribution in [0.2, 0.25) is 5.02 Å². The van der Waals surface area contributed by atoms with Gasteiger partial charge in [0.05, 0.1) is 0 Å². The lowest BCUT2D eigenvalue weighted by molar-refractivity contribution is -0.117. The molecule has 0 N–H and O–H groups in total. The fourth-order valence-corrected chi connectivity index (χ4v) is 2.34. The molecule has 0 saturated heterocycles. The molecule has 2 aromatic carbocycles. The first-order valence-electron chi connectivity index (χ1n) is 6.37. The van der Waals surface area contributed by atoms with Crippen molar-refractivity contribution in [2.75, 3.05) is 0 Å². The molecule has 0 saturated carbocycles. The summed E-state index contributed by atoms with van der Waals surface area (Å²) >= 11 is 5.92. The number of halogens is 1. The molecule has 0 heterocycles. The van der Waals surface area contributed by atoms with Crippen LogP contribution in [0.1, 0.15) is 36.0 Å². The lowest BCUT2D eigenvalue weighted by atomic mass is 9.87. The minimum atomic E-state index is 0.107. The Hall–Kier alpha value is -1.60. The molecule has 0 aromatic heterocycles. The van der Waals surface area contributed by atoms with Gasteiger partial charge < -0.3 is 0 Å². The largest absolute Gasteiger partial charge is 0.300 e. The SMILES string of the molecule is CC(=O)CC(c1ccc(C)cc1)c1ccc(Cl)cc1. The second-order valence-electron chi connectivity index (χ2n) is 4.92. The van der Waals surface area contributed by atoms with Crippen LogP contribution in [0.15, 0.2) is 48.5 Å². The summed E-state index contributed by atoms with van der Waals surface area (Å²) in [5.41, 5.74) is 3.52. The first kappa shape index (κ1) is 13.8. The maximum Gasteiger partial charge on any atom is 0.130 e. The number of ketones is 1. The summed E-state index contributed by atoms with van der Waals surface area (Å²) in [6, 6.07) is 16.1. The van der Waals surface area contributed by atoms with Crippen molar-refractivity contribution >= 4 is 17.4 Å². The third-order valence-electron chi connectivity index (χ3n) is 3.24. The van der Waals surface area contributed by atoms with E-state index in [4.69, 9.17) is 11.6 Å². The summed E-state index contributed by atoms with van der Waals surface area (Å²) in [5.74, 6) is 0.302. The van der Waals surface area contributed by atoms with Crippen LogP contribution in [0.4, 0.5) is 0 Å². The highest BCUT2D eigenvalue weighted by Crippen LogP contribution is 2.29. The first-order chi connectivity index (χ1) is 9.06. The highest BCUT2D eigenvalue weighted by Gasteiger charge is 2.16. The van der Waals surface area contributed by atoms with Crippen LogP contribution in [-0.4, -0.2) is 5.78 Å². The van der Waals surface area contributed by atoms with E-state index in [2.05, 4.69) is 31.2 Å². The monoisotopic (exact) mass is 272 g/mol. The van der Waals surface area contributed by atoms with Gasteiger partial charge in [-0.3, -0.25) is 4.79 Å². The van der Waals surface area contributed by atoms with Gasteiger partial charge in [0, 0.05) is 17.4 Å². The van der Waals surface area contributed by atoms with Crippen molar-refractivity contribution in [1.82, 2.24) is 0 Å². The van der Waals surface area contributed by atoms with E-state index in [9.17, 15) is 4.79 Å². The minimum absolute atomic E-state index is 0.107. The van der Waals surface area contributed by atoms with Crippen molar-refractivity contribution in [1.29, 1.82) is 0 Å². The fourth-order valence-electron chi connectivity index (χ4n) is 2.21. The Morgan fingerprint density at radius 1 is 1.00 bits per heavy atom. The third kappa shape index (κ3) is 3.68. The van der Waals surface area contributed by atoms with Crippen LogP contribution >= 0.6 is 11.6 Å². The topological polar surface area (TPSA) is 17.1 Å². The van der Waals surface area contributed by atoms with Crippen LogP contribution in [0, 0.1) is 6.92 Å². The van der Waals surface area contributed by atoms with Gasteiger partial charge in [-0.25, -0.2) is 0 Å². The van der Waals surface area contributed by atoms with E-state index in [0.29, 0.717) is 11.4 Å². The predicted molar refractivity (Wildman–Crippen MR) is 79.8 cm³/mol. The maximum absolute atomic E-state index is 11.5. The summed E-state index contributed by atoms with van der Waals surface area (Å²) in [5, 5.41) is 0.717. The highest BCUT2D eigenvalue weighted by molar-refractivity contribution is 6.30. The molecule has 2 heteroatoms. The van der Waals surface area contributed by atoms with Gasteiger partial charge in [-0.1, -0.05) is 53.6 Å². The molecule has 0 aliphatic carbocycles. The zero-order valence-corrected chi connectivity index (χ0v) is 11.9. The molecule has 2 rings (SSSR count). The smallest absolute Gasteiger partial charge is 0.130 e. The number of Topliss-reactive ketones (excluding diaryl/α,β-unsaturated/α-hetero) is 1. The van der Waals surface area contributed by atoms with Crippen LogP contribution in [0.25, 0.3) is 0 Å². The number of aryl methyl sites for hydroxylation is 1. The van der Waals surface area contributed by atoms with E-state index in [1.54, 1.807) is 6.92 Å². The molecule has 0 amide bonds. The Bertz CT molecular complexity index is 509. The number of hydrogen-bond acceptors (Lipinski definition) is 1. The number of carbonyl (C=O) groups is 1. The van der Waals surface area contributed by atoms with Gasteiger partial charge in [-0.2, -0.15) is 0 Å². The van der Waals surface area contributed by atoms with Crippen LogP contribution < -0.4 is 0 Å². The molecule has 1 nitrogen and oxygen atoms in total. The van der Waals surface area contributed by atoms with E-state index in [1.807, 2.05) is 24.3 Å². The van der Waals surface area contributed by atoms with Gasteiger partial charge >= 0.3 is 0 Å². The second kappa shape index (κ2) is 6.03. The Morgan fingerprint density at radius 3 is 1.95 bits per heavy atom. The minimum Gasteiger partial charge on any atom is -0.300 e. The van der Waals surface area contributed by atoms with Crippen LogP contribution in [0.3, 0.4) is 0 Å². The van der Waals surface area contributed by atoms with Crippen molar-refractivity contribution < 1.29 is 4.79 Å². The summed E-state index contributed by atoms with van der Waals surface area (Å²) in [7, 11) is 0. The molecular weight excluding hydrogens is 256 g/mol. The van der Waals surface area contributed by atoms with Crippen molar-refractivity contribution in [2.45, 2.75) is 26.2 Å². The number of benzene rings is 2. The lowest BCUT2D eigenvalue weighted by Crippen LogP contribution is -2.06. The predicted octanol–water partition coefficient (Wildman–Crippen LogP) is 4.76. The lowest BCUT2D eigenvalue weighted by Gasteiger charge is -2.17. The van der Waals surface area contributed by atoms with Crippen molar-refractivity contribution in [3.8, 4) is 0 Å². The first-order valence-corrected chi connectivity index (χ1v) is 6.75. The molecular formula is C17H17ClO. The van der Waals surface area contributed by atoms with Crippen LogP contribution in [0.5, 0.6) is 0 Å². The Morgan fingerprint density at radius 2 is 1.47 bits per heavy atom. The van der Waals surface area contributed by atoms with E-state index in [0.717, 1.165) is 5.56 Å². The Labute approximate surface area is 119 Å². The molecule has 98 valence electrons. The maximum atomic E-state index is 11.5. The van der Waals surface area contributed by atoms with Crippen molar-refractivity contribution in [2.24, 2.45) is 0 Å². The molecule has 0 aliphatic heterocycles. The van der Waals surface area contributed by atoms with Gasteiger partial charge in [0.15, 0.2) is 0 Å². The second-order valence-corrected chi connectivity index (χ2v) is 5.36. The average Bonchev–Trinajstić information content (AvgIpc) is 2.38. The average molecular weight is 273 g/mol. The molecule has 0 aliphatic rings. The zero-order chi connectivity index (χ0) is 13.8. The summed E-state index contributed by atoms with van der Waals surface area (Å²) in [4.78, 5) is 11.5. The fraction of sp³-hybridized carbons (Fsp3) is 0.235. The Kier molecular flexibility index (Phi) is 4.39. The summed E-state index contributed by atoms with van der Waals surface area (Å²) in [6.07, 6.45) is 0.519. The Balaban J connectivity index is 2.37. The van der Waals surface area contributed by atoms with E-state index >= 15 is 0 Å². The van der Waals surface area contributed by atoms with Crippen LogP contribution in [-0.2, 0) is 4.79 Å². The molecule has 19 heavy (non-hydrogen) atoms. The number of carbonyl (C=O) groups excluding carboxylic acids is 1. The molecule has 1 atom stereocenters. The third-order valence-corrected chi connectivity index (χ3v) is 3.50. The normalized spacial score (nSPS) is 12.2. The molecule has 1 unspecified atom stereocenters. The van der Waals surface area contributed by atoms with Gasteiger partial charge in [0.2, 0.25) is 0 Å². The number of hydrogen-bond donors (Lipinski definition) is 0. The molecule has 2 aromatic rings. The highest BCUT2D eigenvalue weighted by atomic mass is 35.5. The summed E-state index contributed by atoms with van der Waals surface area (Å²) in [6.45, 7) is 3.70. The molecule has 0 radical (unpaired) electrons. The quantitative estimate of drug-likeness (QED) is 0.784. The molecule has 0 fully saturated rings. The van der Waals surface area contributed by atoms with Gasteiger partial charge in [0.25, 0.3) is 0 Å². The van der Waals surface area contributed by atoms with E-state index in [1.165, 1.54) is 11.1 Å². The standard InChI is InChI=1S/C17H17ClO/c1-12-3-5-14(6-4-12)17(11-13(2)19)15-7-9-16(18)10-8-15/h3-10,17H,11H2,1-2H3. The van der Waals surface area contributed by atoms with E-state index < -0.39 is 0 Å². The van der Waals surface area contributed by atoms with Gasteiger partial charge in [-0.15, -0.1) is 0 Å². The van der Waals surface area contributed by atoms with E-state index in [-0.39, 0.29) is 11.7 Å². The number of rotatable bonds is 4. The van der Waals surface area contributed by atoms with Gasteiger partial charge in [0.1, 0.15) is 5.78 Å². The van der Waals surface area contributed by atoms with Gasteiger partial charge in [-0.05, 0) is 37.1 Å².